The summed E-state index contributed by atoms with van der Waals surface area (Å²) >= 11 is 0. The second kappa shape index (κ2) is 16.1. The van der Waals surface area contributed by atoms with Gasteiger partial charge in [-0.1, -0.05) is 18.2 Å². The number of imidazole rings is 1. The van der Waals surface area contributed by atoms with Gasteiger partial charge < -0.3 is 20.4 Å². The number of benzene rings is 2. The van der Waals surface area contributed by atoms with Gasteiger partial charge in [0.15, 0.2) is 17.2 Å². The van der Waals surface area contributed by atoms with Crippen LogP contribution in [0.5, 0.6) is 0 Å². The van der Waals surface area contributed by atoms with Gasteiger partial charge in [-0.3, -0.25) is 34.5 Å². The van der Waals surface area contributed by atoms with Crippen LogP contribution in [0.1, 0.15) is 69.6 Å². The lowest BCUT2D eigenvalue weighted by molar-refractivity contribution is -0.186. The van der Waals surface area contributed by atoms with Crippen LogP contribution < -0.4 is 25.8 Å². The van der Waals surface area contributed by atoms with Crippen LogP contribution in [0, 0.1) is 18.2 Å². The molecule has 4 fully saturated rings. The molecule has 19 heteroatoms. The van der Waals surface area contributed by atoms with Gasteiger partial charge in [0.25, 0.3) is 17.7 Å². The number of hydrogen-bond donors (Lipinski definition) is 3. The van der Waals surface area contributed by atoms with Gasteiger partial charge in [0, 0.05) is 92.7 Å². The maximum absolute atomic E-state index is 16.2. The van der Waals surface area contributed by atoms with E-state index in [0.29, 0.717) is 49.6 Å². The van der Waals surface area contributed by atoms with Crippen LogP contribution in [0.25, 0.3) is 16.9 Å². The second-order valence-electron chi connectivity index (χ2n) is 17.7. The zero-order valence-corrected chi connectivity index (χ0v) is 35.8. The van der Waals surface area contributed by atoms with Crippen molar-refractivity contribution in [1.82, 2.24) is 40.0 Å². The fourth-order valence-electron chi connectivity index (χ4n) is 9.85. The third-order valence-electron chi connectivity index (χ3n) is 13.8. The molecule has 1 spiro atoms. The molecule has 5 aliphatic rings. The number of nitrogens with zero attached hydrogens (tertiary/aromatic N) is 8. The number of carbonyl (C=O) groups excluding carboxylic acids is 4. The number of hydrogen-bond acceptors (Lipinski definition) is 10. The van der Waals surface area contributed by atoms with Crippen molar-refractivity contribution in [3.05, 3.63) is 94.7 Å². The first kappa shape index (κ1) is 42.3. The molecular formula is C46H47F4N11O4. The lowest BCUT2D eigenvalue weighted by Crippen LogP contribution is -2.59. The summed E-state index contributed by atoms with van der Waals surface area (Å²) in [4.78, 5) is 66.6. The minimum absolute atomic E-state index is 0.0131. The van der Waals surface area contributed by atoms with E-state index in [2.05, 4.69) is 25.8 Å². The first-order valence-electron chi connectivity index (χ1n) is 21.9. The van der Waals surface area contributed by atoms with E-state index in [-0.39, 0.29) is 67.8 Å². The molecule has 15 nitrogen and oxygen atoms in total. The number of alkyl halides is 3. The topological polar surface area (TPSA) is 160 Å². The number of pyridine rings is 1. The van der Waals surface area contributed by atoms with Crippen molar-refractivity contribution in [2.45, 2.75) is 70.1 Å². The van der Waals surface area contributed by atoms with E-state index in [1.54, 1.807) is 18.1 Å². The Morgan fingerprint density at radius 3 is 2.40 bits per heavy atom. The molecule has 3 N–H and O–H groups in total. The van der Waals surface area contributed by atoms with E-state index < -0.39 is 59.7 Å². The molecule has 7 heterocycles. The number of aromatic nitrogens is 4. The minimum atomic E-state index is -3.03. The number of anilines is 4. The lowest BCUT2D eigenvalue weighted by atomic mass is 9.68. The summed E-state index contributed by atoms with van der Waals surface area (Å²) in [6, 6.07) is 13.0. The molecule has 4 aliphatic heterocycles. The Labute approximate surface area is 371 Å². The molecule has 338 valence electrons. The molecule has 3 saturated heterocycles. The van der Waals surface area contributed by atoms with Crippen LogP contribution in [0.2, 0.25) is 0 Å². The maximum Gasteiger partial charge on any atom is 0.328 e. The molecule has 5 amide bonds. The summed E-state index contributed by atoms with van der Waals surface area (Å²) < 4.78 is 62.6. The number of piperidine rings is 2. The fraction of sp³-hybridized carbons (Fsp3) is 0.413. The number of amides is 5. The summed E-state index contributed by atoms with van der Waals surface area (Å²) in [6.45, 7) is 2.62. The first-order valence-corrected chi connectivity index (χ1v) is 21.9. The van der Waals surface area contributed by atoms with Gasteiger partial charge in [-0.15, -0.1) is 5.10 Å². The predicted octanol–water partition coefficient (Wildman–Crippen LogP) is 6.02. The normalized spacial score (nSPS) is 21.4. The van der Waals surface area contributed by atoms with Gasteiger partial charge in [-0.25, -0.2) is 31.9 Å². The van der Waals surface area contributed by atoms with Gasteiger partial charge in [-0.05, 0) is 74.5 Å². The summed E-state index contributed by atoms with van der Waals surface area (Å²) in [5.41, 5.74) is 4.91. The standard InChI is InChI=1S/C46H47F4N11O4/c1-26-31(47)18-28(19-37(26)60-14-9-40(62)55-44(60)65)43(64)58-16-11-45(12-17-58)10-15-57(25-46(45,49)50)24-27-6-7-33(52-22-27)29-4-3-5-36-30(29)8-13-59(36)39-21-35(51-2)41-53-23-38(61(41)56-39)42(63)54-34-20-32(34)48/h3-7,18-19,21-23,32,34,51H,8-17,20,24-25H2,1-2H3,(H,54,63)(H,55,62,65)/t32-,34+/m0/s1. The largest absolute Gasteiger partial charge is 0.385 e. The van der Waals surface area contributed by atoms with Crippen molar-refractivity contribution in [1.29, 1.82) is 0 Å². The van der Waals surface area contributed by atoms with E-state index in [1.807, 2.05) is 36.4 Å². The van der Waals surface area contributed by atoms with Crippen LogP contribution in [-0.2, 0) is 17.8 Å². The van der Waals surface area contributed by atoms with E-state index in [4.69, 9.17) is 10.1 Å². The Morgan fingerprint density at radius 2 is 1.69 bits per heavy atom. The lowest BCUT2D eigenvalue weighted by Gasteiger charge is -2.51. The summed E-state index contributed by atoms with van der Waals surface area (Å²) in [5, 5.41) is 12.9. The van der Waals surface area contributed by atoms with E-state index in [0.717, 1.165) is 34.1 Å². The molecule has 1 aliphatic carbocycles. The Morgan fingerprint density at radius 1 is 0.923 bits per heavy atom. The number of likely N-dealkylation sites (tertiary alicyclic amines) is 2. The maximum atomic E-state index is 16.2. The van der Waals surface area contributed by atoms with Crippen LogP contribution >= 0.6 is 0 Å². The summed E-state index contributed by atoms with van der Waals surface area (Å²) in [7, 11) is 1.77. The van der Waals surface area contributed by atoms with Gasteiger partial charge in [-0.2, -0.15) is 0 Å². The highest BCUT2D eigenvalue weighted by Gasteiger charge is 2.57. The van der Waals surface area contributed by atoms with Crippen molar-refractivity contribution in [3.63, 3.8) is 0 Å². The number of halogens is 4. The smallest absolute Gasteiger partial charge is 0.328 e. The zero-order valence-electron chi connectivity index (χ0n) is 35.8. The molecule has 2 atom stereocenters. The Balaban J connectivity index is 0.786. The van der Waals surface area contributed by atoms with Gasteiger partial charge in [0.2, 0.25) is 5.91 Å². The number of carbonyl (C=O) groups is 4. The first-order chi connectivity index (χ1) is 31.2. The van der Waals surface area contributed by atoms with Gasteiger partial charge in [0.05, 0.1) is 35.9 Å². The highest BCUT2D eigenvalue weighted by atomic mass is 19.3. The molecule has 0 radical (unpaired) electrons. The Bertz CT molecular complexity index is 2760. The molecule has 1 saturated carbocycles. The fourth-order valence-corrected chi connectivity index (χ4v) is 9.85. The van der Waals surface area contributed by atoms with E-state index in [9.17, 15) is 23.6 Å². The number of fused-ring (bicyclic) bond motifs is 2. The molecule has 5 aromatic rings. The quantitative estimate of drug-likeness (QED) is 0.149. The third-order valence-corrected chi connectivity index (χ3v) is 13.8. The molecule has 3 aromatic heterocycles. The van der Waals surface area contributed by atoms with Crippen molar-refractivity contribution >= 4 is 52.3 Å². The molecule has 2 aromatic carbocycles. The number of urea groups is 1. The minimum Gasteiger partial charge on any atom is -0.385 e. The third kappa shape index (κ3) is 7.58. The van der Waals surface area contributed by atoms with Crippen molar-refractivity contribution in [3.8, 4) is 11.3 Å². The van der Waals surface area contributed by atoms with Crippen LogP contribution in [0.15, 0.2) is 60.9 Å². The number of rotatable bonds is 9. The van der Waals surface area contributed by atoms with Crippen molar-refractivity contribution < 1.29 is 36.7 Å². The van der Waals surface area contributed by atoms with Crippen LogP contribution in [0.3, 0.4) is 0 Å². The monoisotopic (exact) mass is 893 g/mol. The summed E-state index contributed by atoms with van der Waals surface area (Å²) in [6.07, 6.45) is 3.60. The van der Waals surface area contributed by atoms with E-state index >= 15 is 13.2 Å². The highest BCUT2D eigenvalue weighted by molar-refractivity contribution is 6.06. The molecule has 10 rings (SSSR count). The SMILES string of the molecule is CNc1cc(N2CCc3c(-c4ccc(CN5CCC6(CCN(C(=O)c7cc(F)c(C)c(N8CCC(=O)NC8=O)c7)CC6)C(F)(F)C5)cn4)cccc32)nn2c(C(=O)N[C@@H]3C[C@@H]3F)cnc12. The molecule has 0 unspecified atom stereocenters. The number of imide groups is 1. The number of nitrogens with one attached hydrogen (secondary N) is 3. The van der Waals surface area contributed by atoms with Crippen molar-refractivity contribution in [2.75, 3.05) is 61.4 Å². The molecule has 0 bridgehead atoms. The zero-order chi connectivity index (χ0) is 45.4. The average Bonchev–Trinajstić information content (AvgIpc) is 3.60. The average molecular weight is 894 g/mol. The Hall–Kier alpha value is -6.63. The van der Waals surface area contributed by atoms with Crippen LogP contribution in [0.4, 0.5) is 45.2 Å². The molecule has 65 heavy (non-hydrogen) atoms. The van der Waals surface area contributed by atoms with Gasteiger partial charge >= 0.3 is 6.03 Å². The predicted molar refractivity (Wildman–Crippen MR) is 233 cm³/mol. The highest BCUT2D eigenvalue weighted by Crippen LogP contribution is 2.51. The van der Waals surface area contributed by atoms with Crippen molar-refractivity contribution in [2.24, 2.45) is 5.41 Å². The second-order valence-corrected chi connectivity index (χ2v) is 17.7. The van der Waals surface area contributed by atoms with E-state index in [1.165, 1.54) is 33.5 Å². The molecular weight excluding hydrogens is 847 g/mol. The summed E-state index contributed by atoms with van der Waals surface area (Å²) in [5.74, 6) is -4.49. The van der Waals surface area contributed by atoms with Crippen LogP contribution in [-0.4, -0.2) is 118 Å². The van der Waals surface area contributed by atoms with Gasteiger partial charge in [0.1, 0.15) is 12.0 Å². The Kier molecular flexibility index (Phi) is 10.5.